The monoisotopic (exact) mass is 323 g/mol. The first kappa shape index (κ1) is 16.1. The summed E-state index contributed by atoms with van der Waals surface area (Å²) in [5.41, 5.74) is 4.43. The molecule has 0 spiro atoms. The van der Waals surface area contributed by atoms with Gasteiger partial charge in [0.1, 0.15) is 0 Å². The average molecular weight is 323 g/mol. The highest BCUT2D eigenvalue weighted by Gasteiger charge is 2.13. The van der Waals surface area contributed by atoms with Gasteiger partial charge in [-0.05, 0) is 55.7 Å². The largest absolute Gasteiger partial charge is 0.454 e. The van der Waals surface area contributed by atoms with Crippen LogP contribution in [0.2, 0.25) is 0 Å². The van der Waals surface area contributed by atoms with E-state index in [9.17, 15) is 4.79 Å². The van der Waals surface area contributed by atoms with Crippen LogP contribution in [0.1, 0.15) is 35.2 Å². The second-order valence-electron chi connectivity index (χ2n) is 6.04. The fraction of sp³-hybridized carbons (Fsp3) is 0.250. The van der Waals surface area contributed by atoms with Gasteiger partial charge in [-0.3, -0.25) is 4.79 Å². The molecule has 0 aromatic heterocycles. The van der Waals surface area contributed by atoms with E-state index in [1.54, 1.807) is 6.08 Å². The number of fused-ring (bicyclic) bond motifs is 1. The lowest BCUT2D eigenvalue weighted by molar-refractivity contribution is -0.117. The van der Waals surface area contributed by atoms with Gasteiger partial charge >= 0.3 is 0 Å². The molecule has 0 saturated heterocycles. The Morgan fingerprint density at radius 1 is 1.12 bits per heavy atom. The summed E-state index contributed by atoms with van der Waals surface area (Å²) in [5, 5.41) is 3.00. The molecule has 24 heavy (non-hydrogen) atoms. The number of carbonyl (C=O) groups excluding carboxylic acids is 1. The highest BCUT2D eigenvalue weighted by molar-refractivity contribution is 5.92. The molecule has 4 nitrogen and oxygen atoms in total. The van der Waals surface area contributed by atoms with Crippen molar-refractivity contribution in [3.05, 3.63) is 64.7 Å². The molecule has 0 saturated carbocycles. The van der Waals surface area contributed by atoms with Crippen molar-refractivity contribution in [3.8, 4) is 11.5 Å². The fourth-order valence-electron chi connectivity index (χ4n) is 2.84. The molecule has 0 unspecified atom stereocenters. The van der Waals surface area contributed by atoms with Crippen molar-refractivity contribution < 1.29 is 14.3 Å². The third kappa shape index (κ3) is 3.59. The number of hydrogen-bond donors (Lipinski definition) is 1. The first-order chi connectivity index (χ1) is 11.5. The van der Waals surface area contributed by atoms with Crippen LogP contribution in [0.15, 0.2) is 42.5 Å². The summed E-state index contributed by atoms with van der Waals surface area (Å²) in [7, 11) is 0. The normalized spacial score (nSPS) is 14.0. The maximum absolute atomic E-state index is 12.2. The minimum atomic E-state index is -0.125. The van der Waals surface area contributed by atoms with Crippen LogP contribution in [0.3, 0.4) is 0 Å². The lowest BCUT2D eigenvalue weighted by Crippen LogP contribution is -2.25. The summed E-state index contributed by atoms with van der Waals surface area (Å²) in [6, 6.07) is 11.8. The van der Waals surface area contributed by atoms with E-state index in [1.807, 2.05) is 25.1 Å². The number of benzene rings is 2. The van der Waals surface area contributed by atoms with E-state index < -0.39 is 0 Å². The molecule has 1 atom stereocenters. The molecule has 0 bridgehead atoms. The highest BCUT2D eigenvalue weighted by atomic mass is 16.7. The van der Waals surface area contributed by atoms with Crippen molar-refractivity contribution in [2.75, 3.05) is 6.79 Å². The zero-order valence-corrected chi connectivity index (χ0v) is 14.1. The molecule has 124 valence electrons. The summed E-state index contributed by atoms with van der Waals surface area (Å²) in [6.45, 7) is 6.36. The summed E-state index contributed by atoms with van der Waals surface area (Å²) in [6.07, 6.45) is 3.31. The topological polar surface area (TPSA) is 47.6 Å². The quantitative estimate of drug-likeness (QED) is 0.868. The van der Waals surface area contributed by atoms with E-state index in [0.717, 1.165) is 16.9 Å². The zero-order chi connectivity index (χ0) is 17.1. The molecular weight excluding hydrogens is 302 g/mol. The lowest BCUT2D eigenvalue weighted by Gasteiger charge is -2.16. The van der Waals surface area contributed by atoms with E-state index in [1.165, 1.54) is 17.2 Å². The highest BCUT2D eigenvalue weighted by Crippen LogP contribution is 2.32. The van der Waals surface area contributed by atoms with Crippen molar-refractivity contribution in [2.24, 2.45) is 0 Å². The summed E-state index contributed by atoms with van der Waals surface area (Å²) in [4.78, 5) is 12.2. The van der Waals surface area contributed by atoms with Crippen molar-refractivity contribution in [1.29, 1.82) is 0 Å². The van der Waals surface area contributed by atoms with Gasteiger partial charge in [-0.15, -0.1) is 0 Å². The van der Waals surface area contributed by atoms with Crippen LogP contribution in [0, 0.1) is 13.8 Å². The van der Waals surface area contributed by atoms with Crippen LogP contribution >= 0.6 is 0 Å². The van der Waals surface area contributed by atoms with Gasteiger partial charge in [-0.2, -0.15) is 0 Å². The van der Waals surface area contributed by atoms with Crippen LogP contribution in [-0.4, -0.2) is 12.7 Å². The third-order valence-electron chi connectivity index (χ3n) is 4.07. The van der Waals surface area contributed by atoms with Crippen molar-refractivity contribution >= 4 is 12.0 Å². The Morgan fingerprint density at radius 3 is 2.71 bits per heavy atom. The lowest BCUT2D eigenvalue weighted by atomic mass is 10.0. The maximum Gasteiger partial charge on any atom is 0.244 e. The summed E-state index contributed by atoms with van der Waals surface area (Å²) < 4.78 is 10.6. The van der Waals surface area contributed by atoms with Gasteiger partial charge in [-0.25, -0.2) is 0 Å². The molecule has 3 rings (SSSR count). The SMILES string of the molecule is Cc1ccc([C@@H](C)NC(=O)/C=C/c2ccc3c(c2)OCO3)c(C)c1. The molecule has 1 aliphatic heterocycles. The third-order valence-corrected chi connectivity index (χ3v) is 4.07. The van der Waals surface area contributed by atoms with Gasteiger partial charge in [0.2, 0.25) is 12.7 Å². The van der Waals surface area contributed by atoms with E-state index in [2.05, 4.69) is 37.4 Å². The summed E-state index contributed by atoms with van der Waals surface area (Å²) >= 11 is 0. The molecule has 1 heterocycles. The van der Waals surface area contributed by atoms with Crippen LogP contribution in [0.25, 0.3) is 6.08 Å². The Kier molecular flexibility index (Phi) is 4.56. The molecule has 1 amide bonds. The molecule has 1 N–H and O–H groups in total. The van der Waals surface area contributed by atoms with Crippen molar-refractivity contribution in [1.82, 2.24) is 5.32 Å². The molecule has 2 aromatic carbocycles. The molecule has 0 fully saturated rings. The van der Waals surface area contributed by atoms with E-state index in [0.29, 0.717) is 5.75 Å². The molecular formula is C20H21NO3. The number of rotatable bonds is 4. The van der Waals surface area contributed by atoms with Crippen molar-refractivity contribution in [2.45, 2.75) is 26.8 Å². The zero-order valence-electron chi connectivity index (χ0n) is 14.1. The molecule has 1 aliphatic rings. The van der Waals surface area contributed by atoms with E-state index in [-0.39, 0.29) is 18.7 Å². The molecule has 0 radical (unpaired) electrons. The second-order valence-corrected chi connectivity index (χ2v) is 6.04. The predicted molar refractivity (Wildman–Crippen MR) is 94.1 cm³/mol. The second kappa shape index (κ2) is 6.79. The predicted octanol–water partition coefficient (Wildman–Crippen LogP) is 3.92. The number of hydrogen-bond acceptors (Lipinski definition) is 3. The van der Waals surface area contributed by atoms with Gasteiger partial charge in [0.05, 0.1) is 6.04 Å². The van der Waals surface area contributed by atoms with Gasteiger partial charge in [0.25, 0.3) is 0 Å². The Labute approximate surface area is 142 Å². The Hall–Kier alpha value is -2.75. The van der Waals surface area contributed by atoms with E-state index in [4.69, 9.17) is 9.47 Å². The molecule has 2 aromatic rings. The Bertz CT molecular complexity index is 795. The van der Waals surface area contributed by atoms with Gasteiger partial charge in [0.15, 0.2) is 11.5 Å². The van der Waals surface area contributed by atoms with Crippen LogP contribution in [0.5, 0.6) is 11.5 Å². The van der Waals surface area contributed by atoms with Crippen LogP contribution in [0.4, 0.5) is 0 Å². The van der Waals surface area contributed by atoms with Crippen LogP contribution < -0.4 is 14.8 Å². The standard InChI is InChI=1S/C20H21NO3/c1-13-4-7-17(14(2)10-13)15(3)21-20(22)9-6-16-5-8-18-19(11-16)24-12-23-18/h4-11,15H,12H2,1-3H3,(H,21,22)/b9-6+/t15-/m1/s1. The number of ether oxygens (including phenoxy) is 2. The first-order valence-electron chi connectivity index (χ1n) is 7.98. The molecule has 4 heteroatoms. The van der Waals surface area contributed by atoms with E-state index >= 15 is 0 Å². The van der Waals surface area contributed by atoms with Gasteiger partial charge in [-0.1, -0.05) is 29.8 Å². The maximum atomic E-state index is 12.2. The Balaban J connectivity index is 1.64. The number of carbonyl (C=O) groups is 1. The first-order valence-corrected chi connectivity index (χ1v) is 7.98. The minimum absolute atomic E-state index is 0.0421. The smallest absolute Gasteiger partial charge is 0.244 e. The summed E-state index contributed by atoms with van der Waals surface area (Å²) in [5.74, 6) is 1.32. The minimum Gasteiger partial charge on any atom is -0.454 e. The number of nitrogens with one attached hydrogen (secondary N) is 1. The Morgan fingerprint density at radius 2 is 1.92 bits per heavy atom. The van der Waals surface area contributed by atoms with Crippen molar-refractivity contribution in [3.63, 3.8) is 0 Å². The van der Waals surface area contributed by atoms with Crippen LogP contribution in [-0.2, 0) is 4.79 Å². The van der Waals surface area contributed by atoms with Gasteiger partial charge < -0.3 is 14.8 Å². The number of amides is 1. The average Bonchev–Trinajstić information content (AvgIpc) is 3.00. The molecule has 0 aliphatic carbocycles. The van der Waals surface area contributed by atoms with Gasteiger partial charge in [0, 0.05) is 6.08 Å². The number of aryl methyl sites for hydroxylation is 2. The fourth-order valence-corrected chi connectivity index (χ4v) is 2.84.